The molecule has 0 unspecified atom stereocenters. The van der Waals surface area contributed by atoms with Gasteiger partial charge in [0.1, 0.15) is 0 Å². The molecule has 0 saturated carbocycles. The fourth-order valence-electron chi connectivity index (χ4n) is 0.448. The maximum Gasteiger partial charge on any atom is 0.432 e. The van der Waals surface area contributed by atoms with E-state index in [1.807, 2.05) is 25.1 Å². The van der Waals surface area contributed by atoms with E-state index in [0.29, 0.717) is 0 Å². The number of aryl methyl sites for hydroxylation is 1. The van der Waals surface area contributed by atoms with Gasteiger partial charge in [-0.3, -0.25) is 4.98 Å². The second-order valence-electron chi connectivity index (χ2n) is 1.61. The average molecular weight is 139 g/mol. The van der Waals surface area contributed by atoms with Crippen molar-refractivity contribution in [1.82, 2.24) is 4.98 Å². The van der Waals surface area contributed by atoms with Crippen molar-refractivity contribution < 1.29 is 10.0 Å². The molecule has 1 aromatic heterocycles. The van der Waals surface area contributed by atoms with Crippen molar-refractivity contribution in [2.75, 3.05) is 0 Å². The molecule has 10 heavy (non-hydrogen) atoms. The fourth-order valence-corrected chi connectivity index (χ4v) is 0.448. The summed E-state index contributed by atoms with van der Waals surface area (Å²) in [5.74, 6) is 0. The normalized spacial score (nSPS) is 7.50. The van der Waals surface area contributed by atoms with Crippen molar-refractivity contribution in [3.63, 3.8) is 0 Å². The van der Waals surface area contributed by atoms with Crippen molar-refractivity contribution in [3.8, 4) is 0 Å². The van der Waals surface area contributed by atoms with E-state index in [2.05, 4.69) is 4.98 Å². The smallest absolute Gasteiger partial charge is 0.430 e. The van der Waals surface area contributed by atoms with E-state index in [4.69, 9.17) is 10.0 Å². The molecule has 3 nitrogen and oxygen atoms in total. The van der Waals surface area contributed by atoms with Crippen LogP contribution in [0.15, 0.2) is 24.4 Å². The third kappa shape index (κ3) is 5.28. The van der Waals surface area contributed by atoms with Crippen LogP contribution in [-0.2, 0) is 0 Å². The van der Waals surface area contributed by atoms with E-state index in [1.54, 1.807) is 6.20 Å². The van der Waals surface area contributed by atoms with Gasteiger partial charge in [0.25, 0.3) is 0 Å². The summed E-state index contributed by atoms with van der Waals surface area (Å²) in [5.41, 5.74) is 1.07. The molecule has 0 aromatic carbocycles. The van der Waals surface area contributed by atoms with Crippen molar-refractivity contribution in [1.29, 1.82) is 0 Å². The van der Waals surface area contributed by atoms with E-state index in [9.17, 15) is 0 Å². The van der Waals surface area contributed by atoms with Gasteiger partial charge in [0.05, 0.1) is 0 Å². The zero-order chi connectivity index (χ0) is 7.82. The summed E-state index contributed by atoms with van der Waals surface area (Å²) in [7, 11) is -0.750. The Kier molecular flexibility index (Phi) is 5.72. The molecule has 0 spiro atoms. The van der Waals surface area contributed by atoms with Crippen LogP contribution in [-0.4, -0.2) is 22.7 Å². The van der Waals surface area contributed by atoms with Gasteiger partial charge in [-0.2, -0.15) is 0 Å². The predicted octanol–water partition coefficient (Wildman–Crippen LogP) is -0.372. The van der Waals surface area contributed by atoms with Crippen LogP contribution in [0.4, 0.5) is 0 Å². The van der Waals surface area contributed by atoms with Crippen LogP contribution in [0.2, 0.25) is 0 Å². The van der Waals surface area contributed by atoms with Gasteiger partial charge in [0, 0.05) is 11.9 Å². The molecule has 0 bridgehead atoms. The molecule has 0 fully saturated rings. The summed E-state index contributed by atoms with van der Waals surface area (Å²) in [5, 5.41) is 14.2. The minimum atomic E-state index is -0.750. The summed E-state index contributed by atoms with van der Waals surface area (Å²) in [6.07, 6.45) is 1.79. The molecule has 54 valence electrons. The van der Waals surface area contributed by atoms with Crippen LogP contribution >= 0.6 is 0 Å². The van der Waals surface area contributed by atoms with Gasteiger partial charge < -0.3 is 10.0 Å². The molecule has 4 heteroatoms. The molecule has 0 aliphatic heterocycles. The predicted molar refractivity (Wildman–Crippen MR) is 40.6 cm³/mol. The van der Waals surface area contributed by atoms with Crippen LogP contribution in [0.1, 0.15) is 5.69 Å². The fraction of sp³-hybridized carbons (Fsp3) is 0.167. The molecule has 0 atom stereocenters. The van der Waals surface area contributed by atoms with E-state index >= 15 is 0 Å². The Labute approximate surface area is 60.7 Å². The maximum atomic E-state index is 7.12. The first-order valence-electron chi connectivity index (χ1n) is 2.90. The Bertz CT molecular complexity index is 157. The lowest BCUT2D eigenvalue weighted by Gasteiger charge is -1.82. The minimum absolute atomic E-state index is 0.750. The van der Waals surface area contributed by atoms with Gasteiger partial charge in [-0.15, -0.1) is 0 Å². The molecule has 0 aliphatic rings. The van der Waals surface area contributed by atoms with E-state index in [-0.39, 0.29) is 0 Å². The first-order valence-corrected chi connectivity index (χ1v) is 2.90. The highest BCUT2D eigenvalue weighted by atomic mass is 16.4. The Morgan fingerprint density at radius 3 is 2.20 bits per heavy atom. The van der Waals surface area contributed by atoms with E-state index < -0.39 is 7.69 Å². The monoisotopic (exact) mass is 139 g/mol. The Morgan fingerprint density at radius 1 is 1.40 bits per heavy atom. The number of rotatable bonds is 0. The Morgan fingerprint density at radius 2 is 2.00 bits per heavy atom. The second-order valence-corrected chi connectivity index (χ2v) is 1.61. The van der Waals surface area contributed by atoms with Crippen LogP contribution in [0.3, 0.4) is 0 Å². The Hall–Kier alpha value is -0.865. The lowest BCUT2D eigenvalue weighted by atomic mass is 10.4. The molecule has 0 amide bonds. The van der Waals surface area contributed by atoms with Crippen LogP contribution in [0.5, 0.6) is 0 Å². The lowest BCUT2D eigenvalue weighted by molar-refractivity contribution is 0.448. The molecular weight excluding hydrogens is 129 g/mol. The largest absolute Gasteiger partial charge is 0.432 e. The molecule has 2 N–H and O–H groups in total. The average Bonchev–Trinajstić information content (AvgIpc) is 1.91. The third-order valence-electron chi connectivity index (χ3n) is 0.813. The molecule has 1 heterocycles. The Balaban J connectivity index is 0.000000236. The highest BCUT2D eigenvalue weighted by Crippen LogP contribution is 1.85. The van der Waals surface area contributed by atoms with Gasteiger partial charge in [-0.25, -0.2) is 0 Å². The minimum Gasteiger partial charge on any atom is -0.430 e. The van der Waals surface area contributed by atoms with E-state index in [0.717, 1.165) is 5.69 Å². The van der Waals surface area contributed by atoms with Crippen LogP contribution in [0, 0.1) is 6.92 Å². The van der Waals surface area contributed by atoms with Crippen LogP contribution in [0.25, 0.3) is 0 Å². The zero-order valence-electron chi connectivity index (χ0n) is 5.86. The molecular formula is C6H10BNO2. The van der Waals surface area contributed by atoms with Crippen LogP contribution < -0.4 is 0 Å². The summed E-state index contributed by atoms with van der Waals surface area (Å²) >= 11 is 0. The first kappa shape index (κ1) is 9.13. The number of hydrogen-bond acceptors (Lipinski definition) is 3. The van der Waals surface area contributed by atoms with E-state index in [1.165, 1.54) is 0 Å². The highest BCUT2D eigenvalue weighted by molar-refractivity contribution is 6.13. The SMILES string of the molecule is Cc1ccccn1.OBO. The number of pyridine rings is 1. The summed E-state index contributed by atoms with van der Waals surface area (Å²) < 4.78 is 0. The second kappa shape index (κ2) is 6.26. The number of aromatic nitrogens is 1. The van der Waals surface area contributed by atoms with Gasteiger partial charge in [-0.05, 0) is 19.1 Å². The highest BCUT2D eigenvalue weighted by Gasteiger charge is 1.73. The molecule has 0 aliphatic carbocycles. The van der Waals surface area contributed by atoms with Gasteiger partial charge in [0.15, 0.2) is 0 Å². The maximum absolute atomic E-state index is 7.12. The summed E-state index contributed by atoms with van der Waals surface area (Å²) in [6, 6.07) is 5.86. The summed E-state index contributed by atoms with van der Waals surface area (Å²) in [4.78, 5) is 3.98. The van der Waals surface area contributed by atoms with Crippen molar-refractivity contribution >= 4 is 7.69 Å². The number of nitrogens with zero attached hydrogens (tertiary/aromatic N) is 1. The van der Waals surface area contributed by atoms with Crippen molar-refractivity contribution in [2.24, 2.45) is 0 Å². The summed E-state index contributed by atoms with van der Waals surface area (Å²) in [6.45, 7) is 1.97. The molecule has 0 radical (unpaired) electrons. The topological polar surface area (TPSA) is 53.4 Å². The number of hydrogen-bond donors (Lipinski definition) is 2. The standard InChI is InChI=1S/C6H7N.BH3O2/c1-6-4-2-3-5-7-6;2-1-3/h2-5H,1H3;1-3H. The third-order valence-corrected chi connectivity index (χ3v) is 0.813. The molecule has 0 saturated heterocycles. The van der Waals surface area contributed by atoms with Gasteiger partial charge in [0.2, 0.25) is 0 Å². The zero-order valence-corrected chi connectivity index (χ0v) is 5.86. The quantitative estimate of drug-likeness (QED) is 0.482. The van der Waals surface area contributed by atoms with Crippen molar-refractivity contribution in [3.05, 3.63) is 30.1 Å². The van der Waals surface area contributed by atoms with Crippen molar-refractivity contribution in [2.45, 2.75) is 6.92 Å². The van der Waals surface area contributed by atoms with Gasteiger partial charge >= 0.3 is 7.69 Å². The lowest BCUT2D eigenvalue weighted by Crippen LogP contribution is -1.75. The van der Waals surface area contributed by atoms with Gasteiger partial charge in [-0.1, -0.05) is 6.07 Å². The molecule has 1 aromatic rings. The first-order chi connectivity index (χ1) is 4.81. The molecule has 1 rings (SSSR count).